The highest BCUT2D eigenvalue weighted by molar-refractivity contribution is 7.89. The van der Waals surface area contributed by atoms with Crippen molar-refractivity contribution in [3.05, 3.63) is 29.6 Å². The summed E-state index contributed by atoms with van der Waals surface area (Å²) in [5.74, 6) is -1.25. The summed E-state index contributed by atoms with van der Waals surface area (Å²) in [7, 11) is -4.17. The van der Waals surface area contributed by atoms with Gasteiger partial charge in [-0.3, -0.25) is 4.79 Å². The fraction of sp³-hybridized carbons (Fsp3) is 0.417. The summed E-state index contributed by atoms with van der Waals surface area (Å²) in [5.41, 5.74) is 0.138. The Balaban J connectivity index is 2.38. The molecule has 0 spiro atoms. The SMILES string of the molecule is CCN(C(=O)c1ccc(F)c(S(N)(=O)=O)c1)C1CC1. The molecule has 0 radical (unpaired) electrons. The molecular formula is C12H15FN2O3S. The second-order valence-corrected chi connectivity index (χ2v) is 6.04. The van der Waals surface area contributed by atoms with E-state index in [1.165, 1.54) is 6.07 Å². The van der Waals surface area contributed by atoms with E-state index in [1.807, 2.05) is 6.92 Å². The van der Waals surface area contributed by atoms with Crippen LogP contribution < -0.4 is 5.14 Å². The number of nitrogens with zero attached hydrogens (tertiary/aromatic N) is 1. The van der Waals surface area contributed by atoms with Crippen molar-refractivity contribution in [1.29, 1.82) is 0 Å². The van der Waals surface area contributed by atoms with E-state index in [0.29, 0.717) is 6.54 Å². The molecule has 0 bridgehead atoms. The van der Waals surface area contributed by atoms with E-state index >= 15 is 0 Å². The highest BCUT2D eigenvalue weighted by Gasteiger charge is 2.32. The number of carbonyl (C=O) groups is 1. The van der Waals surface area contributed by atoms with Gasteiger partial charge in [-0.15, -0.1) is 0 Å². The normalized spacial score (nSPS) is 15.3. The maximum Gasteiger partial charge on any atom is 0.254 e. The van der Waals surface area contributed by atoms with Crippen molar-refractivity contribution in [2.75, 3.05) is 6.54 Å². The largest absolute Gasteiger partial charge is 0.336 e. The molecule has 1 aromatic carbocycles. The minimum Gasteiger partial charge on any atom is -0.336 e. The van der Waals surface area contributed by atoms with Crippen molar-refractivity contribution in [1.82, 2.24) is 4.90 Å². The minimum atomic E-state index is -4.17. The number of primary sulfonamides is 1. The highest BCUT2D eigenvalue weighted by Crippen LogP contribution is 2.28. The Labute approximate surface area is 111 Å². The number of benzene rings is 1. The van der Waals surface area contributed by atoms with Gasteiger partial charge in [0.1, 0.15) is 10.7 Å². The Morgan fingerprint density at radius 3 is 2.58 bits per heavy atom. The van der Waals surface area contributed by atoms with Gasteiger partial charge in [0.05, 0.1) is 0 Å². The smallest absolute Gasteiger partial charge is 0.254 e. The van der Waals surface area contributed by atoms with Crippen molar-refractivity contribution in [3.8, 4) is 0 Å². The van der Waals surface area contributed by atoms with Crippen molar-refractivity contribution < 1.29 is 17.6 Å². The van der Waals surface area contributed by atoms with Crippen LogP contribution in [0.3, 0.4) is 0 Å². The van der Waals surface area contributed by atoms with Crippen molar-refractivity contribution in [2.24, 2.45) is 5.14 Å². The number of halogens is 1. The van der Waals surface area contributed by atoms with Crippen LogP contribution in [-0.4, -0.2) is 31.8 Å². The van der Waals surface area contributed by atoms with E-state index < -0.39 is 20.7 Å². The molecule has 1 amide bonds. The average Bonchev–Trinajstić information content (AvgIpc) is 3.13. The zero-order chi connectivity index (χ0) is 14.2. The van der Waals surface area contributed by atoms with Crippen LogP contribution in [-0.2, 0) is 10.0 Å². The van der Waals surface area contributed by atoms with Gasteiger partial charge in [-0.2, -0.15) is 0 Å². The maximum atomic E-state index is 13.4. The summed E-state index contributed by atoms with van der Waals surface area (Å²) in [6.07, 6.45) is 1.89. The number of nitrogens with two attached hydrogens (primary N) is 1. The average molecular weight is 286 g/mol. The lowest BCUT2D eigenvalue weighted by Crippen LogP contribution is -2.33. The van der Waals surface area contributed by atoms with Crippen LogP contribution in [0.5, 0.6) is 0 Å². The quantitative estimate of drug-likeness (QED) is 0.900. The molecular weight excluding hydrogens is 271 g/mol. The molecule has 0 aliphatic heterocycles. The Morgan fingerprint density at radius 1 is 1.47 bits per heavy atom. The molecule has 1 saturated carbocycles. The Bertz CT molecular complexity index is 611. The van der Waals surface area contributed by atoms with Gasteiger partial charge >= 0.3 is 0 Å². The number of hydrogen-bond donors (Lipinski definition) is 1. The second kappa shape index (κ2) is 4.90. The number of amides is 1. The number of sulfonamides is 1. The molecule has 0 unspecified atom stereocenters. The van der Waals surface area contributed by atoms with E-state index in [4.69, 9.17) is 5.14 Å². The maximum absolute atomic E-state index is 13.4. The van der Waals surface area contributed by atoms with E-state index in [2.05, 4.69) is 0 Å². The van der Waals surface area contributed by atoms with Crippen LogP contribution in [0.1, 0.15) is 30.1 Å². The standard InChI is InChI=1S/C12H15FN2O3S/c1-2-15(9-4-5-9)12(16)8-3-6-10(13)11(7-8)19(14,17)18/h3,6-7,9H,2,4-5H2,1H3,(H2,14,17,18). The summed E-state index contributed by atoms with van der Waals surface area (Å²) >= 11 is 0. The fourth-order valence-electron chi connectivity index (χ4n) is 1.97. The van der Waals surface area contributed by atoms with Gasteiger partial charge in [-0.1, -0.05) is 0 Å². The third-order valence-corrected chi connectivity index (χ3v) is 4.00. The van der Waals surface area contributed by atoms with Crippen LogP contribution in [0, 0.1) is 5.82 Å². The molecule has 7 heteroatoms. The third-order valence-electron chi connectivity index (χ3n) is 3.07. The molecule has 1 aliphatic rings. The summed E-state index contributed by atoms with van der Waals surface area (Å²) < 4.78 is 35.9. The molecule has 1 aromatic rings. The van der Waals surface area contributed by atoms with Crippen molar-refractivity contribution in [3.63, 3.8) is 0 Å². The van der Waals surface area contributed by atoms with Gasteiger partial charge < -0.3 is 4.90 Å². The molecule has 0 atom stereocenters. The molecule has 1 aliphatic carbocycles. The molecule has 2 N–H and O–H groups in total. The lowest BCUT2D eigenvalue weighted by atomic mass is 10.2. The first kappa shape index (κ1) is 14.0. The van der Waals surface area contributed by atoms with Crippen LogP contribution in [0.2, 0.25) is 0 Å². The predicted octanol–water partition coefficient (Wildman–Crippen LogP) is 1.10. The van der Waals surface area contributed by atoms with Crippen LogP contribution in [0.4, 0.5) is 4.39 Å². The number of carbonyl (C=O) groups excluding carboxylic acids is 1. The third kappa shape index (κ3) is 2.93. The van der Waals surface area contributed by atoms with E-state index in [9.17, 15) is 17.6 Å². The second-order valence-electron chi connectivity index (χ2n) is 4.51. The Hall–Kier alpha value is -1.47. The van der Waals surface area contributed by atoms with E-state index in [-0.39, 0.29) is 17.5 Å². The molecule has 104 valence electrons. The number of rotatable bonds is 4. The summed E-state index contributed by atoms with van der Waals surface area (Å²) in [6.45, 7) is 2.38. The lowest BCUT2D eigenvalue weighted by molar-refractivity contribution is 0.0752. The predicted molar refractivity (Wildman–Crippen MR) is 67.5 cm³/mol. The van der Waals surface area contributed by atoms with Gasteiger partial charge in [-0.25, -0.2) is 17.9 Å². The molecule has 19 heavy (non-hydrogen) atoms. The zero-order valence-electron chi connectivity index (χ0n) is 10.5. The zero-order valence-corrected chi connectivity index (χ0v) is 11.3. The van der Waals surface area contributed by atoms with E-state index in [0.717, 1.165) is 25.0 Å². The molecule has 2 rings (SSSR count). The lowest BCUT2D eigenvalue weighted by Gasteiger charge is -2.20. The summed E-state index contributed by atoms with van der Waals surface area (Å²) in [5, 5.41) is 4.91. The number of hydrogen-bond acceptors (Lipinski definition) is 3. The first-order chi connectivity index (χ1) is 8.84. The van der Waals surface area contributed by atoms with Gasteiger partial charge in [0.15, 0.2) is 0 Å². The first-order valence-corrected chi connectivity index (χ1v) is 7.52. The monoisotopic (exact) mass is 286 g/mol. The molecule has 0 heterocycles. The first-order valence-electron chi connectivity index (χ1n) is 5.98. The summed E-state index contributed by atoms with van der Waals surface area (Å²) in [6, 6.07) is 3.43. The Kier molecular flexibility index (Phi) is 3.60. The minimum absolute atomic E-state index is 0.138. The van der Waals surface area contributed by atoms with Gasteiger partial charge in [0.2, 0.25) is 10.0 Å². The van der Waals surface area contributed by atoms with Crippen molar-refractivity contribution >= 4 is 15.9 Å². The van der Waals surface area contributed by atoms with Crippen LogP contribution >= 0.6 is 0 Å². The fourth-order valence-corrected chi connectivity index (χ4v) is 2.61. The highest BCUT2D eigenvalue weighted by atomic mass is 32.2. The van der Waals surface area contributed by atoms with E-state index in [1.54, 1.807) is 4.90 Å². The molecule has 0 saturated heterocycles. The Morgan fingerprint density at radius 2 is 2.11 bits per heavy atom. The van der Waals surface area contributed by atoms with Gasteiger partial charge in [-0.05, 0) is 38.0 Å². The molecule has 1 fully saturated rings. The van der Waals surface area contributed by atoms with Crippen molar-refractivity contribution in [2.45, 2.75) is 30.7 Å². The topological polar surface area (TPSA) is 80.5 Å². The summed E-state index contributed by atoms with van der Waals surface area (Å²) in [4.78, 5) is 13.2. The van der Waals surface area contributed by atoms with Crippen LogP contribution in [0.25, 0.3) is 0 Å². The van der Waals surface area contributed by atoms with Crippen LogP contribution in [0.15, 0.2) is 23.1 Å². The van der Waals surface area contributed by atoms with Gasteiger partial charge in [0.25, 0.3) is 5.91 Å². The molecule has 0 aromatic heterocycles. The van der Waals surface area contributed by atoms with Gasteiger partial charge in [0, 0.05) is 18.2 Å². The molecule has 5 nitrogen and oxygen atoms in total.